The third kappa shape index (κ3) is 5.31. The average Bonchev–Trinajstić information content (AvgIpc) is 3.04. The molecule has 0 saturated heterocycles. The van der Waals surface area contributed by atoms with Crippen LogP contribution in [-0.4, -0.2) is 39.6 Å². The Morgan fingerprint density at radius 1 is 1.10 bits per heavy atom. The van der Waals surface area contributed by atoms with Crippen LogP contribution in [0.25, 0.3) is 0 Å². The van der Waals surface area contributed by atoms with Gasteiger partial charge in [-0.15, -0.1) is 0 Å². The largest absolute Gasteiger partial charge is 0.462 e. The number of hydrogen-bond donors (Lipinski definition) is 1. The first kappa shape index (κ1) is 24.1. The van der Waals surface area contributed by atoms with Gasteiger partial charge in [0, 0.05) is 11.4 Å². The Balaban J connectivity index is 2.61. The summed E-state index contributed by atoms with van der Waals surface area (Å²) in [6, 6.07) is 0. The molecule has 2 rings (SSSR count). The number of esters is 2. The van der Waals surface area contributed by atoms with Crippen LogP contribution in [0.1, 0.15) is 53.3 Å². The highest BCUT2D eigenvalue weighted by atomic mass is 16.6. The van der Waals surface area contributed by atoms with Crippen LogP contribution in [-0.2, 0) is 26.1 Å². The number of aromatic nitrogens is 2. The molecule has 31 heavy (non-hydrogen) atoms. The summed E-state index contributed by atoms with van der Waals surface area (Å²) in [5.41, 5.74) is 1.32. The van der Waals surface area contributed by atoms with Crippen LogP contribution in [0.5, 0.6) is 0 Å². The Labute approximate surface area is 181 Å². The van der Waals surface area contributed by atoms with Crippen LogP contribution in [0.2, 0.25) is 0 Å². The van der Waals surface area contributed by atoms with Crippen molar-refractivity contribution < 1.29 is 24.0 Å². The highest BCUT2D eigenvalue weighted by molar-refractivity contribution is 5.99. The van der Waals surface area contributed by atoms with E-state index in [9.17, 15) is 19.7 Å². The number of ether oxygens (including phenoxy) is 2. The molecule has 0 fully saturated rings. The molecule has 1 N–H and O–H groups in total. The van der Waals surface area contributed by atoms with E-state index >= 15 is 0 Å². The lowest BCUT2D eigenvalue weighted by molar-refractivity contribution is -0.391. The normalized spacial score (nSPS) is 14.9. The molecule has 0 radical (unpaired) electrons. The predicted molar refractivity (Wildman–Crippen MR) is 113 cm³/mol. The Hall–Kier alpha value is -3.17. The van der Waals surface area contributed by atoms with Gasteiger partial charge in [0.05, 0.1) is 31.4 Å². The maximum absolute atomic E-state index is 13.0. The fourth-order valence-electron chi connectivity index (χ4n) is 3.29. The summed E-state index contributed by atoms with van der Waals surface area (Å²) >= 11 is 0. The number of carbonyl (C=O) groups is 2. The highest BCUT2D eigenvalue weighted by Crippen LogP contribution is 2.39. The van der Waals surface area contributed by atoms with E-state index in [1.165, 1.54) is 11.6 Å². The predicted octanol–water partition coefficient (Wildman–Crippen LogP) is 2.96. The van der Waals surface area contributed by atoms with Gasteiger partial charge in [-0.1, -0.05) is 27.7 Å². The van der Waals surface area contributed by atoms with E-state index in [0.29, 0.717) is 11.4 Å². The van der Waals surface area contributed by atoms with E-state index in [0.717, 1.165) is 6.20 Å². The maximum Gasteiger partial charge on any atom is 0.342 e. The Kier molecular flexibility index (Phi) is 7.59. The third-order valence-electron chi connectivity index (χ3n) is 4.74. The summed E-state index contributed by atoms with van der Waals surface area (Å²) in [5.74, 6) is -2.05. The van der Waals surface area contributed by atoms with Gasteiger partial charge in [-0.3, -0.25) is 0 Å². The molecule has 0 spiro atoms. The zero-order valence-electron chi connectivity index (χ0n) is 19.0. The van der Waals surface area contributed by atoms with E-state index in [4.69, 9.17) is 9.47 Å². The molecule has 1 aromatic heterocycles. The van der Waals surface area contributed by atoms with E-state index in [2.05, 4.69) is 10.3 Å². The lowest BCUT2D eigenvalue weighted by Gasteiger charge is -2.29. The SMILES string of the molecule is CC1=C(C(=O)OCC(C)C)C(c2ncc([N+](=O)[O-])n2C)C(C(=O)OCC(C)C)=C(C)N1. The van der Waals surface area contributed by atoms with Crippen molar-refractivity contribution >= 4 is 17.8 Å². The lowest BCUT2D eigenvalue weighted by Crippen LogP contribution is -2.34. The number of carbonyl (C=O) groups excluding carboxylic acids is 2. The molecule has 0 bridgehead atoms. The molecule has 0 aliphatic carbocycles. The fraction of sp³-hybridized carbons (Fsp3) is 0.571. The second kappa shape index (κ2) is 9.76. The summed E-state index contributed by atoms with van der Waals surface area (Å²) in [7, 11) is 1.47. The zero-order chi connectivity index (χ0) is 23.5. The van der Waals surface area contributed by atoms with Gasteiger partial charge in [-0.25, -0.2) is 19.1 Å². The van der Waals surface area contributed by atoms with Gasteiger partial charge in [-0.2, -0.15) is 0 Å². The van der Waals surface area contributed by atoms with Crippen LogP contribution in [0.4, 0.5) is 5.82 Å². The number of hydrogen-bond acceptors (Lipinski definition) is 8. The fourth-order valence-corrected chi connectivity index (χ4v) is 3.29. The second-order valence-electron chi connectivity index (χ2n) is 8.41. The number of dihydropyridines is 1. The minimum atomic E-state index is -0.973. The van der Waals surface area contributed by atoms with Crippen LogP contribution in [0, 0.1) is 22.0 Å². The number of nitro groups is 1. The number of imidazole rings is 1. The molecule has 0 amide bonds. The van der Waals surface area contributed by atoms with E-state index < -0.39 is 22.8 Å². The molecule has 1 aliphatic heterocycles. The number of nitrogens with one attached hydrogen (secondary N) is 1. The van der Waals surface area contributed by atoms with E-state index in [1.54, 1.807) is 13.8 Å². The summed E-state index contributed by atoms with van der Waals surface area (Å²) in [4.78, 5) is 41.0. The van der Waals surface area contributed by atoms with Crippen molar-refractivity contribution in [1.82, 2.24) is 14.9 Å². The molecule has 0 atom stereocenters. The molecule has 0 saturated carbocycles. The number of rotatable bonds is 8. The quantitative estimate of drug-likeness (QED) is 0.376. The summed E-state index contributed by atoms with van der Waals surface area (Å²) < 4.78 is 12.1. The standard InChI is InChI=1S/C21H30N4O6/c1-11(2)9-30-20(26)16-13(5)23-14(6)17(21(27)31-10-12(3)4)18(16)19-22-8-15(24(19)7)25(28)29/h8,11-12,18,23H,9-10H2,1-7H3. The van der Waals surface area contributed by atoms with Gasteiger partial charge >= 0.3 is 17.8 Å². The molecule has 1 aliphatic rings. The number of allylic oxidation sites excluding steroid dienone is 2. The molecule has 0 aromatic carbocycles. The smallest absolute Gasteiger partial charge is 0.342 e. The van der Waals surface area contributed by atoms with Gasteiger partial charge in [0.2, 0.25) is 5.82 Å². The second-order valence-corrected chi connectivity index (χ2v) is 8.41. The van der Waals surface area contributed by atoms with E-state index in [1.807, 2.05) is 27.7 Å². The van der Waals surface area contributed by atoms with Crippen LogP contribution in [0.3, 0.4) is 0 Å². The Bertz CT molecular complexity index is 896. The van der Waals surface area contributed by atoms with Crippen molar-refractivity contribution in [3.8, 4) is 0 Å². The highest BCUT2D eigenvalue weighted by Gasteiger charge is 2.42. The zero-order valence-corrected chi connectivity index (χ0v) is 19.0. The molecule has 2 heterocycles. The molecule has 0 unspecified atom stereocenters. The Morgan fingerprint density at radius 2 is 1.55 bits per heavy atom. The number of nitrogens with zero attached hydrogens (tertiary/aromatic N) is 3. The van der Waals surface area contributed by atoms with Gasteiger partial charge < -0.3 is 24.9 Å². The molecule has 1 aromatic rings. The molecular weight excluding hydrogens is 404 g/mol. The third-order valence-corrected chi connectivity index (χ3v) is 4.74. The van der Waals surface area contributed by atoms with E-state index in [-0.39, 0.29) is 47.8 Å². The van der Waals surface area contributed by atoms with Crippen LogP contribution >= 0.6 is 0 Å². The van der Waals surface area contributed by atoms with Crippen molar-refractivity contribution in [2.45, 2.75) is 47.5 Å². The molecule has 10 nitrogen and oxygen atoms in total. The van der Waals surface area contributed by atoms with Crippen molar-refractivity contribution in [3.63, 3.8) is 0 Å². The molecule has 10 heteroatoms. The van der Waals surface area contributed by atoms with Gasteiger partial charge in [0.1, 0.15) is 12.1 Å². The van der Waals surface area contributed by atoms with Crippen molar-refractivity contribution in [2.75, 3.05) is 13.2 Å². The maximum atomic E-state index is 13.0. The van der Waals surface area contributed by atoms with Crippen molar-refractivity contribution in [3.05, 3.63) is 44.7 Å². The Morgan fingerprint density at radius 3 is 1.90 bits per heavy atom. The summed E-state index contributed by atoms with van der Waals surface area (Å²) in [5, 5.41) is 14.4. The first-order chi connectivity index (χ1) is 14.5. The molecular formula is C21H30N4O6. The minimum absolute atomic E-state index is 0.113. The molecule has 170 valence electrons. The van der Waals surface area contributed by atoms with Crippen LogP contribution in [0.15, 0.2) is 28.7 Å². The lowest BCUT2D eigenvalue weighted by atomic mass is 9.84. The van der Waals surface area contributed by atoms with Crippen molar-refractivity contribution in [1.29, 1.82) is 0 Å². The van der Waals surface area contributed by atoms with Crippen molar-refractivity contribution in [2.24, 2.45) is 18.9 Å². The van der Waals surface area contributed by atoms with Gasteiger partial charge in [-0.05, 0) is 30.6 Å². The van der Waals surface area contributed by atoms with Gasteiger partial charge in [0.25, 0.3) is 0 Å². The monoisotopic (exact) mass is 434 g/mol. The first-order valence-corrected chi connectivity index (χ1v) is 10.1. The first-order valence-electron chi connectivity index (χ1n) is 10.1. The topological polar surface area (TPSA) is 126 Å². The van der Waals surface area contributed by atoms with Gasteiger partial charge in [0.15, 0.2) is 0 Å². The summed E-state index contributed by atoms with van der Waals surface area (Å²) in [6.45, 7) is 11.4. The summed E-state index contributed by atoms with van der Waals surface area (Å²) in [6.07, 6.45) is 1.11. The van der Waals surface area contributed by atoms with Crippen LogP contribution < -0.4 is 5.32 Å². The minimum Gasteiger partial charge on any atom is -0.462 e. The average molecular weight is 434 g/mol.